The minimum atomic E-state index is -1.24. The van der Waals surface area contributed by atoms with E-state index in [1.54, 1.807) is 7.05 Å². The van der Waals surface area contributed by atoms with E-state index in [-0.39, 0.29) is 53.6 Å². The Kier molecular flexibility index (Phi) is 9.12. The van der Waals surface area contributed by atoms with Gasteiger partial charge in [0, 0.05) is 23.9 Å². The van der Waals surface area contributed by atoms with Crippen LogP contribution in [0, 0.1) is 0 Å². The van der Waals surface area contributed by atoms with Crippen molar-refractivity contribution in [2.45, 2.75) is 16.6 Å². The number of tetrazole rings is 1. The molecule has 1 saturated heterocycles. The third-order valence-corrected chi connectivity index (χ3v) is 7.92. The number of halogens is 1. The number of thiazole rings is 1. The van der Waals surface area contributed by atoms with Crippen molar-refractivity contribution >= 4 is 75.9 Å². The maximum absolute atomic E-state index is 12.9. The van der Waals surface area contributed by atoms with Gasteiger partial charge in [0.2, 0.25) is 5.16 Å². The number of nitrogens with one attached hydrogen (secondary N) is 1. The first-order chi connectivity index (χ1) is 16.8. The lowest BCUT2D eigenvalue weighted by Gasteiger charge is -2.49. The number of carbonyl (C=O) groups excluding carboxylic acids is 2. The number of amides is 2. The monoisotopic (exact) mass is 577 g/mol. The number of thioether (sulfide) groups is 2. The molecule has 2 aliphatic heterocycles. The predicted molar refractivity (Wildman–Crippen MR) is 133 cm³/mol. The lowest BCUT2D eigenvalue weighted by atomic mass is 10.0. The first kappa shape index (κ1) is 27.7. The number of nitrogen functional groups attached to an aromatic ring is 1. The number of hydrogen-bond donors (Lipinski definition) is 4. The Labute approximate surface area is 221 Å². The second-order valence-electron chi connectivity index (χ2n) is 7.06. The molecule has 19 heteroatoms. The first-order valence-electron chi connectivity index (χ1n) is 9.90. The molecule has 2 aliphatic rings. The average molecular weight is 578 g/mol. The summed E-state index contributed by atoms with van der Waals surface area (Å²) in [5, 5.41) is 37.8. The fraction of sp³-hybridized carbons (Fsp3) is 0.412. The van der Waals surface area contributed by atoms with Crippen LogP contribution < -0.4 is 11.1 Å². The van der Waals surface area contributed by atoms with E-state index in [1.165, 1.54) is 38.5 Å². The second kappa shape index (κ2) is 11.9. The second-order valence-corrected chi connectivity index (χ2v) is 10.00. The molecule has 0 radical (unpaired) electrons. The van der Waals surface area contributed by atoms with Crippen LogP contribution in [-0.2, 0) is 26.3 Å². The molecule has 194 valence electrons. The van der Waals surface area contributed by atoms with Crippen molar-refractivity contribution in [1.29, 1.82) is 0 Å². The highest BCUT2D eigenvalue weighted by Crippen LogP contribution is 2.41. The zero-order chi connectivity index (χ0) is 25.1. The summed E-state index contributed by atoms with van der Waals surface area (Å²) in [7, 11) is 1.67. The van der Waals surface area contributed by atoms with Crippen LogP contribution in [0.1, 0.15) is 5.69 Å². The van der Waals surface area contributed by atoms with Gasteiger partial charge in [0.25, 0.3) is 11.8 Å². The summed E-state index contributed by atoms with van der Waals surface area (Å²) in [6.45, 7) is -0.465. The van der Waals surface area contributed by atoms with Crippen LogP contribution >= 0.6 is 47.3 Å². The van der Waals surface area contributed by atoms with E-state index >= 15 is 0 Å². The lowest BCUT2D eigenvalue weighted by molar-refractivity contribution is -0.150. The summed E-state index contributed by atoms with van der Waals surface area (Å²) in [6, 6.07) is -0.974. The molecule has 0 bridgehead atoms. The van der Waals surface area contributed by atoms with Gasteiger partial charge < -0.3 is 26.1 Å². The number of aliphatic hydroxyl groups excluding tert-OH is 1. The van der Waals surface area contributed by atoms with E-state index in [4.69, 9.17) is 15.7 Å². The summed E-state index contributed by atoms with van der Waals surface area (Å²) in [4.78, 5) is 48.0. The van der Waals surface area contributed by atoms with E-state index in [0.717, 1.165) is 11.3 Å². The van der Waals surface area contributed by atoms with Gasteiger partial charge in [-0.1, -0.05) is 16.9 Å². The number of rotatable bonds is 10. The Bertz CT molecular complexity index is 1220. The van der Waals surface area contributed by atoms with Gasteiger partial charge in [-0.25, -0.2) is 14.5 Å². The summed E-state index contributed by atoms with van der Waals surface area (Å²) in [5.41, 5.74) is 6.00. The van der Waals surface area contributed by atoms with Crippen LogP contribution in [0.2, 0.25) is 0 Å². The van der Waals surface area contributed by atoms with E-state index < -0.39 is 29.2 Å². The maximum atomic E-state index is 12.9. The molecule has 2 amide bonds. The Morgan fingerprint density at radius 2 is 2.22 bits per heavy atom. The number of aryl methyl sites for hydroxylation is 1. The molecule has 2 aromatic heterocycles. The van der Waals surface area contributed by atoms with E-state index in [9.17, 15) is 19.5 Å². The number of oxime groups is 1. The number of aliphatic carboxylic acids is 1. The normalized spacial score (nSPS) is 19.3. The quantitative estimate of drug-likeness (QED) is 0.0870. The molecule has 5 N–H and O–H groups in total. The lowest BCUT2D eigenvalue weighted by Crippen LogP contribution is -2.71. The molecular weight excluding hydrogens is 558 g/mol. The van der Waals surface area contributed by atoms with E-state index in [0.29, 0.717) is 16.5 Å². The van der Waals surface area contributed by atoms with Gasteiger partial charge in [-0.3, -0.25) is 14.5 Å². The number of aliphatic hydroxyl groups is 1. The van der Waals surface area contributed by atoms with E-state index in [2.05, 4.69) is 31.0 Å². The zero-order valence-corrected chi connectivity index (χ0v) is 21.7. The highest BCUT2D eigenvalue weighted by atomic mass is 35.5. The molecule has 0 aliphatic carbocycles. The smallest absolute Gasteiger partial charge is 0.352 e. The SMILES string of the molecule is Cl.Cn1nnnc1SCC1=C(C(=O)O)N2C(=O)C(NC(=O)C(=NOCCO)c3csc(N)n3)[C@@H]2SC1. The van der Waals surface area contributed by atoms with Crippen LogP contribution in [0.15, 0.2) is 27.0 Å². The number of β-lactam (4-membered cyclic amide) rings is 1. The molecule has 0 aromatic carbocycles. The van der Waals surface area contributed by atoms with Gasteiger partial charge in [-0.05, 0) is 16.0 Å². The largest absolute Gasteiger partial charge is 0.477 e. The fourth-order valence-corrected chi connectivity index (χ4v) is 6.13. The Morgan fingerprint density at radius 3 is 2.83 bits per heavy atom. The van der Waals surface area contributed by atoms with Crippen molar-refractivity contribution in [3.8, 4) is 0 Å². The number of fused-ring (bicyclic) bond motifs is 1. The van der Waals surface area contributed by atoms with Gasteiger partial charge in [-0.2, -0.15) is 0 Å². The third kappa shape index (κ3) is 5.56. The number of anilines is 1. The molecular formula is C17H20ClN9O6S3. The Morgan fingerprint density at radius 1 is 1.44 bits per heavy atom. The van der Waals surface area contributed by atoms with Crippen LogP contribution in [0.3, 0.4) is 0 Å². The fourth-order valence-electron chi connectivity index (χ4n) is 3.25. The highest BCUT2D eigenvalue weighted by molar-refractivity contribution is 8.01. The number of hydrogen-bond acceptors (Lipinski definition) is 14. The summed E-state index contributed by atoms with van der Waals surface area (Å²) < 4.78 is 1.46. The number of nitrogens with two attached hydrogens (primary N) is 1. The molecule has 2 atom stereocenters. The van der Waals surface area contributed by atoms with Gasteiger partial charge in [0.15, 0.2) is 10.8 Å². The van der Waals surface area contributed by atoms with Crippen molar-refractivity contribution in [1.82, 2.24) is 35.4 Å². The van der Waals surface area contributed by atoms with Crippen molar-refractivity contribution in [3.63, 3.8) is 0 Å². The number of nitrogens with zero attached hydrogens (tertiary/aromatic N) is 7. The van der Waals surface area contributed by atoms with Crippen molar-refractivity contribution in [2.75, 3.05) is 30.5 Å². The Hall–Kier alpha value is -2.93. The average Bonchev–Trinajstić information content (AvgIpc) is 3.45. The van der Waals surface area contributed by atoms with Crippen LogP contribution in [0.25, 0.3) is 0 Å². The standard InChI is InChI=1S/C17H19N9O6S3.ClH/c1-25-17(21-23-24-25)35-5-7-4-33-14-10(13(29)26(14)11(7)15(30)31)20-12(28)9(22-32-3-2-27)8-6-34-16(18)19-8;/h6,10,14,27H,2-5H2,1H3,(H2,18,19)(H,20,28)(H,30,31);1H/t10?,14-;/m0./s1. The van der Waals surface area contributed by atoms with Gasteiger partial charge in [0.05, 0.1) is 6.61 Å². The van der Waals surface area contributed by atoms with Crippen molar-refractivity contribution in [2.24, 2.45) is 12.2 Å². The van der Waals surface area contributed by atoms with E-state index in [1.807, 2.05) is 0 Å². The predicted octanol–water partition coefficient (Wildman–Crippen LogP) is -1.09. The van der Waals surface area contributed by atoms with Crippen LogP contribution in [-0.4, -0.2) is 99.9 Å². The van der Waals surface area contributed by atoms with Crippen molar-refractivity contribution in [3.05, 3.63) is 22.3 Å². The minimum absolute atomic E-state index is 0. The molecule has 0 spiro atoms. The molecule has 0 saturated carbocycles. The number of carboxylic acid groups (broad SMARTS) is 1. The zero-order valence-electron chi connectivity index (χ0n) is 18.4. The first-order valence-corrected chi connectivity index (χ1v) is 12.8. The highest BCUT2D eigenvalue weighted by Gasteiger charge is 2.54. The molecule has 1 unspecified atom stereocenters. The summed E-state index contributed by atoms with van der Waals surface area (Å²) >= 11 is 3.67. The van der Waals surface area contributed by atoms with Gasteiger partial charge in [0.1, 0.15) is 29.4 Å². The number of carbonyl (C=O) groups is 3. The third-order valence-electron chi connectivity index (χ3n) is 4.81. The summed E-state index contributed by atoms with van der Waals surface area (Å²) in [5.74, 6) is -1.93. The topological polar surface area (TPSA) is 211 Å². The van der Waals surface area contributed by atoms with Gasteiger partial charge in [-0.15, -0.1) is 40.6 Å². The molecule has 15 nitrogen and oxygen atoms in total. The minimum Gasteiger partial charge on any atom is -0.477 e. The van der Waals surface area contributed by atoms with Gasteiger partial charge >= 0.3 is 5.97 Å². The Balaban J connectivity index is 0.00000361. The van der Waals surface area contributed by atoms with Crippen LogP contribution in [0.5, 0.6) is 0 Å². The van der Waals surface area contributed by atoms with Crippen LogP contribution in [0.4, 0.5) is 5.13 Å². The molecule has 4 heterocycles. The van der Waals surface area contributed by atoms with Crippen molar-refractivity contribution < 1.29 is 29.4 Å². The number of aromatic nitrogens is 5. The molecule has 36 heavy (non-hydrogen) atoms. The molecule has 1 fully saturated rings. The number of carboxylic acids is 1. The maximum Gasteiger partial charge on any atom is 0.352 e. The molecule has 4 rings (SSSR count). The molecule has 2 aromatic rings. The summed E-state index contributed by atoms with van der Waals surface area (Å²) in [6.07, 6.45) is 0.